The van der Waals surface area contributed by atoms with Crippen molar-refractivity contribution in [1.29, 1.82) is 0 Å². The van der Waals surface area contributed by atoms with E-state index < -0.39 is 5.25 Å². The normalized spacial score (nSPS) is 11.8. The van der Waals surface area contributed by atoms with E-state index in [1.165, 1.54) is 11.8 Å². The van der Waals surface area contributed by atoms with Gasteiger partial charge in [-0.2, -0.15) is 4.68 Å². The summed E-state index contributed by atoms with van der Waals surface area (Å²) in [6.45, 7) is 6.00. The number of methoxy groups -OCH3 is 1. The number of hydrogen-bond acceptors (Lipinski definition) is 6. The molecule has 1 aromatic heterocycles. The highest BCUT2D eigenvalue weighted by Crippen LogP contribution is 2.37. The molecule has 0 bridgehead atoms. The summed E-state index contributed by atoms with van der Waals surface area (Å²) in [5.41, 5.74) is 5.52. The van der Waals surface area contributed by atoms with Crippen molar-refractivity contribution in [1.82, 2.24) is 20.2 Å². The van der Waals surface area contributed by atoms with Gasteiger partial charge in [0.25, 0.3) is 0 Å². The number of nitrogens with one attached hydrogen (secondary N) is 1. The minimum atomic E-state index is -0.578. The van der Waals surface area contributed by atoms with Gasteiger partial charge >= 0.3 is 0 Å². The molecule has 4 rings (SSSR count). The van der Waals surface area contributed by atoms with Gasteiger partial charge in [-0.15, -0.1) is 5.10 Å². The SMILES string of the molecule is COc1ccc(C)cc1NC(=O)C(Sc1nnnn1-c1cc(C)ccc1C)c1ccccc1. The fourth-order valence-corrected chi connectivity index (χ4v) is 4.46. The molecular formula is C25H25N5O2S. The van der Waals surface area contributed by atoms with Crippen molar-refractivity contribution in [3.63, 3.8) is 0 Å². The van der Waals surface area contributed by atoms with Gasteiger partial charge in [0.15, 0.2) is 0 Å². The second kappa shape index (κ2) is 9.87. The van der Waals surface area contributed by atoms with Crippen LogP contribution >= 0.6 is 11.8 Å². The van der Waals surface area contributed by atoms with Crippen LogP contribution in [0.25, 0.3) is 5.69 Å². The first kappa shape index (κ1) is 22.5. The number of thioether (sulfide) groups is 1. The van der Waals surface area contributed by atoms with E-state index in [0.29, 0.717) is 16.6 Å². The maximum atomic E-state index is 13.5. The Morgan fingerprint density at radius 3 is 2.48 bits per heavy atom. The van der Waals surface area contributed by atoms with Crippen molar-refractivity contribution in [3.05, 3.63) is 89.0 Å². The number of anilines is 1. The lowest BCUT2D eigenvalue weighted by Crippen LogP contribution is -2.20. The Morgan fingerprint density at radius 1 is 1.00 bits per heavy atom. The topological polar surface area (TPSA) is 81.9 Å². The molecule has 1 atom stereocenters. The lowest BCUT2D eigenvalue weighted by Gasteiger charge is -2.18. The van der Waals surface area contributed by atoms with Crippen molar-refractivity contribution in [2.45, 2.75) is 31.2 Å². The predicted molar refractivity (Wildman–Crippen MR) is 130 cm³/mol. The molecule has 33 heavy (non-hydrogen) atoms. The summed E-state index contributed by atoms with van der Waals surface area (Å²) in [6, 6.07) is 21.4. The van der Waals surface area contributed by atoms with Gasteiger partial charge in [-0.3, -0.25) is 4.79 Å². The molecule has 0 aliphatic carbocycles. The summed E-state index contributed by atoms with van der Waals surface area (Å²) in [5, 5.41) is 15.3. The molecule has 0 saturated carbocycles. The van der Waals surface area contributed by atoms with Crippen LogP contribution in [0.15, 0.2) is 71.9 Å². The maximum absolute atomic E-state index is 13.5. The molecule has 1 amide bonds. The molecule has 0 radical (unpaired) electrons. The standard InChI is InChI=1S/C25H25N5O2S/c1-16-11-13-22(32-4)20(14-16)26-24(31)23(19-8-6-5-7-9-19)33-25-27-28-29-30(25)21-15-17(2)10-12-18(21)3/h5-15,23H,1-4H3,(H,26,31). The molecule has 7 nitrogen and oxygen atoms in total. The number of tetrazole rings is 1. The second-order valence-electron chi connectivity index (χ2n) is 7.76. The zero-order chi connectivity index (χ0) is 23.4. The zero-order valence-electron chi connectivity index (χ0n) is 18.9. The third kappa shape index (κ3) is 5.06. The van der Waals surface area contributed by atoms with Gasteiger partial charge in [0, 0.05) is 0 Å². The van der Waals surface area contributed by atoms with Crippen LogP contribution < -0.4 is 10.1 Å². The number of hydrogen-bond donors (Lipinski definition) is 1. The smallest absolute Gasteiger partial charge is 0.242 e. The van der Waals surface area contributed by atoms with E-state index in [1.807, 2.05) is 87.5 Å². The highest BCUT2D eigenvalue weighted by atomic mass is 32.2. The number of rotatable bonds is 7. The molecule has 1 heterocycles. The van der Waals surface area contributed by atoms with Gasteiger partial charge in [-0.25, -0.2) is 0 Å². The lowest BCUT2D eigenvalue weighted by atomic mass is 10.1. The van der Waals surface area contributed by atoms with Gasteiger partial charge in [0.1, 0.15) is 11.0 Å². The summed E-state index contributed by atoms with van der Waals surface area (Å²) >= 11 is 1.30. The highest BCUT2D eigenvalue weighted by molar-refractivity contribution is 8.00. The van der Waals surface area contributed by atoms with Gasteiger partial charge in [-0.05, 0) is 71.7 Å². The van der Waals surface area contributed by atoms with E-state index in [1.54, 1.807) is 11.8 Å². The maximum Gasteiger partial charge on any atom is 0.242 e. The summed E-state index contributed by atoms with van der Waals surface area (Å²) in [6.07, 6.45) is 0. The number of benzene rings is 3. The molecule has 0 fully saturated rings. The number of nitrogens with zero attached hydrogens (tertiary/aromatic N) is 4. The summed E-state index contributed by atoms with van der Waals surface area (Å²) in [7, 11) is 1.59. The molecule has 1 unspecified atom stereocenters. The minimum Gasteiger partial charge on any atom is -0.495 e. The van der Waals surface area contributed by atoms with E-state index in [2.05, 4.69) is 20.8 Å². The first-order valence-electron chi connectivity index (χ1n) is 10.5. The van der Waals surface area contributed by atoms with Crippen LogP contribution in [0, 0.1) is 20.8 Å². The van der Waals surface area contributed by atoms with Crippen LogP contribution in [-0.4, -0.2) is 33.2 Å². The third-order valence-electron chi connectivity index (χ3n) is 5.21. The summed E-state index contributed by atoms with van der Waals surface area (Å²) in [5.74, 6) is 0.414. The number of amides is 1. The fourth-order valence-electron chi connectivity index (χ4n) is 3.48. The Bertz CT molecular complexity index is 1270. The van der Waals surface area contributed by atoms with Crippen LogP contribution in [0.2, 0.25) is 0 Å². The van der Waals surface area contributed by atoms with Gasteiger partial charge in [0.2, 0.25) is 11.1 Å². The van der Waals surface area contributed by atoms with Crippen LogP contribution in [0.1, 0.15) is 27.5 Å². The van der Waals surface area contributed by atoms with Crippen molar-refractivity contribution >= 4 is 23.4 Å². The number of aromatic nitrogens is 4. The summed E-state index contributed by atoms with van der Waals surface area (Å²) in [4.78, 5) is 13.5. The summed E-state index contributed by atoms with van der Waals surface area (Å²) < 4.78 is 7.12. The first-order chi connectivity index (χ1) is 16.0. The Kier molecular flexibility index (Phi) is 6.74. The number of carbonyl (C=O) groups is 1. The molecule has 0 aliphatic heterocycles. The minimum absolute atomic E-state index is 0.189. The third-order valence-corrected chi connectivity index (χ3v) is 6.40. The highest BCUT2D eigenvalue weighted by Gasteiger charge is 2.26. The van der Waals surface area contributed by atoms with Crippen molar-refractivity contribution in [3.8, 4) is 11.4 Å². The van der Waals surface area contributed by atoms with Gasteiger partial charge < -0.3 is 10.1 Å². The molecule has 3 aromatic carbocycles. The van der Waals surface area contributed by atoms with E-state index in [-0.39, 0.29) is 5.91 Å². The van der Waals surface area contributed by atoms with Gasteiger partial charge in [0.05, 0.1) is 18.5 Å². The van der Waals surface area contributed by atoms with Crippen molar-refractivity contribution < 1.29 is 9.53 Å². The average molecular weight is 460 g/mol. The number of ether oxygens (including phenoxy) is 1. The molecular weight excluding hydrogens is 434 g/mol. The molecule has 0 saturated heterocycles. The number of carbonyl (C=O) groups excluding carboxylic acids is 1. The fraction of sp³-hybridized carbons (Fsp3) is 0.200. The van der Waals surface area contributed by atoms with E-state index in [9.17, 15) is 4.79 Å². The zero-order valence-corrected chi connectivity index (χ0v) is 19.8. The lowest BCUT2D eigenvalue weighted by molar-refractivity contribution is -0.115. The Morgan fingerprint density at radius 2 is 1.73 bits per heavy atom. The monoisotopic (exact) mass is 459 g/mol. The van der Waals surface area contributed by atoms with E-state index in [4.69, 9.17) is 4.74 Å². The molecule has 0 spiro atoms. The molecule has 1 N–H and O–H groups in total. The van der Waals surface area contributed by atoms with E-state index in [0.717, 1.165) is 27.9 Å². The Hall–Kier alpha value is -3.65. The Labute approximate surface area is 197 Å². The van der Waals surface area contributed by atoms with Crippen LogP contribution in [0.3, 0.4) is 0 Å². The number of aryl methyl sites for hydroxylation is 3. The van der Waals surface area contributed by atoms with Crippen molar-refractivity contribution in [2.75, 3.05) is 12.4 Å². The van der Waals surface area contributed by atoms with Crippen LogP contribution in [-0.2, 0) is 4.79 Å². The van der Waals surface area contributed by atoms with Gasteiger partial charge in [-0.1, -0.05) is 60.3 Å². The Balaban J connectivity index is 1.69. The van der Waals surface area contributed by atoms with Crippen molar-refractivity contribution in [2.24, 2.45) is 0 Å². The molecule has 8 heteroatoms. The van der Waals surface area contributed by atoms with Crippen LogP contribution in [0.5, 0.6) is 5.75 Å². The largest absolute Gasteiger partial charge is 0.495 e. The molecule has 0 aliphatic rings. The van der Waals surface area contributed by atoms with E-state index >= 15 is 0 Å². The molecule has 4 aromatic rings. The predicted octanol–water partition coefficient (Wildman–Crippen LogP) is 5.07. The first-order valence-corrected chi connectivity index (χ1v) is 11.4. The molecule has 168 valence electrons. The second-order valence-corrected chi connectivity index (χ2v) is 8.84. The van der Waals surface area contributed by atoms with Crippen LogP contribution in [0.4, 0.5) is 5.69 Å². The average Bonchev–Trinajstić information content (AvgIpc) is 3.28. The quantitative estimate of drug-likeness (QED) is 0.389.